The lowest BCUT2D eigenvalue weighted by atomic mass is 10.0. The molecule has 0 saturated carbocycles. The Morgan fingerprint density at radius 1 is 0.852 bits per heavy atom. The number of ether oxygens (including phenoxy) is 3. The number of rotatable bonds is 15. The highest BCUT2D eigenvalue weighted by Crippen LogP contribution is 2.34. The van der Waals surface area contributed by atoms with Crippen LogP contribution >= 0.6 is 11.6 Å². The van der Waals surface area contributed by atoms with Crippen molar-refractivity contribution in [2.75, 3.05) is 64.3 Å². The molecule has 1 aliphatic heterocycles. The molecule has 0 atom stereocenters. The van der Waals surface area contributed by atoms with Gasteiger partial charge in [-0.1, -0.05) is 17.2 Å². The summed E-state index contributed by atoms with van der Waals surface area (Å²) in [5.74, 6) is -4.84. The number of amides is 1. The predicted molar refractivity (Wildman–Crippen MR) is 195 cm³/mol. The number of likely N-dealkylation sites (tertiary alicyclic amines) is 1. The summed E-state index contributed by atoms with van der Waals surface area (Å²) in [6.07, 6.45) is 6.96. The number of carboxylic acids is 4. The van der Waals surface area contributed by atoms with Crippen LogP contribution in [0.15, 0.2) is 72.6 Å². The Hall–Kier alpha value is -5.95. The topological polar surface area (TPSA) is 247 Å². The first-order chi connectivity index (χ1) is 25.7. The highest BCUT2D eigenvalue weighted by molar-refractivity contribution is 6.31. The summed E-state index contributed by atoms with van der Waals surface area (Å²) < 4.78 is 29.8. The summed E-state index contributed by atoms with van der Waals surface area (Å²) in [7, 11) is 3.29. The average molecular weight is 776 g/mol. The van der Waals surface area contributed by atoms with Gasteiger partial charge < -0.3 is 50.2 Å². The van der Waals surface area contributed by atoms with Crippen LogP contribution < -0.4 is 15.4 Å². The van der Waals surface area contributed by atoms with Crippen molar-refractivity contribution >= 4 is 69.5 Å². The molecule has 1 saturated heterocycles. The molecule has 2 aromatic carbocycles. The van der Waals surface area contributed by atoms with E-state index < -0.39 is 29.7 Å². The van der Waals surface area contributed by atoms with Crippen molar-refractivity contribution < 1.29 is 63.0 Å². The number of benzene rings is 2. The lowest BCUT2D eigenvalue weighted by Crippen LogP contribution is -2.33. The minimum Gasteiger partial charge on any atom is -0.489 e. The van der Waals surface area contributed by atoms with Gasteiger partial charge in [0.15, 0.2) is 0 Å². The number of piperidine rings is 1. The Bertz CT molecular complexity index is 1800. The molecule has 54 heavy (non-hydrogen) atoms. The van der Waals surface area contributed by atoms with Gasteiger partial charge in [0.05, 0.1) is 29.4 Å². The van der Waals surface area contributed by atoms with Gasteiger partial charge in [0.1, 0.15) is 30.3 Å². The zero-order valence-electron chi connectivity index (χ0n) is 29.2. The molecule has 3 aromatic rings. The Labute approximate surface area is 313 Å². The van der Waals surface area contributed by atoms with E-state index in [0.717, 1.165) is 38.0 Å². The molecule has 6 N–H and O–H groups in total. The molecule has 1 fully saturated rings. The van der Waals surface area contributed by atoms with Crippen LogP contribution in [0.3, 0.4) is 0 Å². The molecule has 1 aliphatic rings. The second-order valence-electron chi connectivity index (χ2n) is 10.8. The number of aliphatic carboxylic acids is 4. The van der Waals surface area contributed by atoms with Gasteiger partial charge in [-0.2, -0.15) is 0 Å². The third-order valence-corrected chi connectivity index (χ3v) is 7.19. The number of carbonyl (C=O) groups is 5. The summed E-state index contributed by atoms with van der Waals surface area (Å²) in [4.78, 5) is 62.2. The van der Waals surface area contributed by atoms with E-state index in [4.69, 9.17) is 46.2 Å². The largest absolute Gasteiger partial charge is 0.489 e. The molecule has 1 aromatic heterocycles. The Morgan fingerprint density at radius 2 is 1.44 bits per heavy atom. The number of carboxylic acid groups (broad SMARTS) is 4. The SMILES string of the molecule is COCCOc1cc2ncnc(Nc3ccc(F)c(Cl)c3)c2cc1NC(=O)C=C1CCN(CCOC)CC1.O=C(O)/C=C/C(=O)O.O=C(O)/C=C/C(=O)O. The second kappa shape index (κ2) is 23.6. The van der Waals surface area contributed by atoms with Gasteiger partial charge in [-0.3, -0.25) is 4.79 Å². The van der Waals surface area contributed by atoms with E-state index >= 15 is 0 Å². The normalized spacial score (nSPS) is 12.6. The molecule has 17 nitrogen and oxygen atoms in total. The number of methoxy groups -OCH3 is 2. The maximum absolute atomic E-state index is 13.6. The summed E-state index contributed by atoms with van der Waals surface area (Å²) >= 11 is 5.94. The van der Waals surface area contributed by atoms with Crippen molar-refractivity contribution in [2.24, 2.45) is 0 Å². The van der Waals surface area contributed by atoms with Crippen molar-refractivity contribution in [3.63, 3.8) is 0 Å². The fraction of sp³-hybridized carbons (Fsp3) is 0.286. The standard InChI is InChI=1S/C27H31ClFN5O4.2C4H4O4/c1-36-10-9-34-7-5-18(6-8-34)13-26(35)33-24-15-20-23(16-25(24)38-12-11-37-2)30-17-31-27(20)32-19-3-4-22(29)21(28)14-19;2*5-3(6)1-2-4(7)8/h3-4,13-17H,5-12H2,1-2H3,(H,33,35)(H,30,31,32);2*1-2H,(H,5,6)(H,7,8)/b;2*2-1+. The minimum atomic E-state index is -1.26. The zero-order valence-corrected chi connectivity index (χ0v) is 29.9. The van der Waals surface area contributed by atoms with Gasteiger partial charge >= 0.3 is 23.9 Å². The average Bonchev–Trinajstić information content (AvgIpc) is 3.12. The van der Waals surface area contributed by atoms with Crippen LogP contribution in [0.2, 0.25) is 5.02 Å². The monoisotopic (exact) mass is 775 g/mol. The first-order valence-corrected chi connectivity index (χ1v) is 16.2. The predicted octanol–water partition coefficient (Wildman–Crippen LogP) is 4.22. The van der Waals surface area contributed by atoms with Crippen molar-refractivity contribution in [3.05, 3.63) is 83.5 Å². The number of carbonyl (C=O) groups excluding carboxylic acids is 1. The van der Waals surface area contributed by atoms with E-state index in [1.54, 1.807) is 38.5 Å². The Morgan fingerprint density at radius 3 is 1.98 bits per heavy atom. The van der Waals surface area contributed by atoms with Crippen LogP contribution in [0.1, 0.15) is 12.8 Å². The maximum Gasteiger partial charge on any atom is 0.328 e. The molecule has 0 radical (unpaired) electrons. The van der Waals surface area contributed by atoms with Gasteiger partial charge in [-0.25, -0.2) is 33.5 Å². The number of hydrogen-bond donors (Lipinski definition) is 6. The Balaban J connectivity index is 0.000000526. The van der Waals surface area contributed by atoms with Gasteiger partial charge in [0.2, 0.25) is 5.91 Å². The highest BCUT2D eigenvalue weighted by Gasteiger charge is 2.17. The fourth-order valence-corrected chi connectivity index (χ4v) is 4.59. The summed E-state index contributed by atoms with van der Waals surface area (Å²) in [5, 5.41) is 38.0. The maximum atomic E-state index is 13.6. The zero-order chi connectivity index (χ0) is 40.0. The van der Waals surface area contributed by atoms with Crippen LogP contribution in [0.25, 0.3) is 10.9 Å². The number of nitrogens with zero attached hydrogens (tertiary/aromatic N) is 3. The molecule has 0 spiro atoms. The van der Waals surface area contributed by atoms with Crippen LogP contribution in [0.4, 0.5) is 21.6 Å². The van der Waals surface area contributed by atoms with Crippen molar-refractivity contribution in [1.29, 1.82) is 0 Å². The molecule has 2 heterocycles. The number of fused-ring (bicyclic) bond motifs is 1. The van der Waals surface area contributed by atoms with E-state index in [-0.39, 0.29) is 10.9 Å². The molecular weight excluding hydrogens is 737 g/mol. The van der Waals surface area contributed by atoms with Crippen molar-refractivity contribution in [3.8, 4) is 5.75 Å². The Kier molecular flexibility index (Phi) is 19.3. The third-order valence-electron chi connectivity index (χ3n) is 6.90. The number of halogens is 2. The highest BCUT2D eigenvalue weighted by atomic mass is 35.5. The van der Waals surface area contributed by atoms with Gasteiger partial charge in [-0.15, -0.1) is 0 Å². The van der Waals surface area contributed by atoms with Gasteiger partial charge in [-0.05, 0) is 37.1 Å². The van der Waals surface area contributed by atoms with Crippen molar-refractivity contribution in [1.82, 2.24) is 14.9 Å². The molecule has 0 unspecified atom stereocenters. The smallest absolute Gasteiger partial charge is 0.328 e. The second-order valence-corrected chi connectivity index (χ2v) is 11.2. The third kappa shape index (κ3) is 17.0. The number of nitrogens with one attached hydrogen (secondary N) is 2. The van der Waals surface area contributed by atoms with Crippen LogP contribution in [0, 0.1) is 5.82 Å². The number of hydrogen-bond acceptors (Lipinski definition) is 12. The lowest BCUT2D eigenvalue weighted by molar-refractivity contribution is -0.134. The summed E-state index contributed by atoms with van der Waals surface area (Å²) in [6.45, 7) is 4.05. The molecule has 19 heteroatoms. The lowest BCUT2D eigenvalue weighted by Gasteiger charge is -2.27. The van der Waals surface area contributed by atoms with Crippen LogP contribution in [-0.2, 0) is 33.4 Å². The fourth-order valence-electron chi connectivity index (χ4n) is 4.41. The minimum absolute atomic E-state index is 0.00675. The van der Waals surface area contributed by atoms with Gasteiger partial charge in [0, 0.05) is 81.4 Å². The number of anilines is 3. The number of aromatic nitrogens is 2. The molecule has 4 rings (SSSR count). The quantitative estimate of drug-likeness (QED) is 0.0934. The van der Waals surface area contributed by atoms with E-state index in [1.165, 1.54) is 18.5 Å². The van der Waals surface area contributed by atoms with Crippen LogP contribution in [0.5, 0.6) is 5.75 Å². The molecule has 0 aliphatic carbocycles. The van der Waals surface area contributed by atoms with E-state index in [0.29, 0.717) is 78.0 Å². The van der Waals surface area contributed by atoms with Crippen LogP contribution in [-0.4, -0.2) is 119 Å². The molecular formula is C35H39ClFN5O12. The van der Waals surface area contributed by atoms with E-state index in [9.17, 15) is 28.4 Å². The van der Waals surface area contributed by atoms with Crippen molar-refractivity contribution in [2.45, 2.75) is 12.8 Å². The van der Waals surface area contributed by atoms with Gasteiger partial charge in [0.25, 0.3) is 0 Å². The summed E-state index contributed by atoms with van der Waals surface area (Å²) in [6, 6.07) is 7.81. The first kappa shape index (κ1) is 44.2. The molecule has 1 amide bonds. The van der Waals surface area contributed by atoms with E-state index in [2.05, 4.69) is 25.5 Å². The van der Waals surface area contributed by atoms with E-state index in [1.807, 2.05) is 0 Å². The summed E-state index contributed by atoms with van der Waals surface area (Å²) in [5.41, 5.74) is 2.73. The molecule has 290 valence electrons. The first-order valence-electron chi connectivity index (χ1n) is 15.8. The molecule has 0 bridgehead atoms.